The number of hydrogen-bond acceptors (Lipinski definition) is 11. The number of nitrogens with two attached hydrogens (primary N) is 2. The van der Waals surface area contributed by atoms with E-state index < -0.39 is 7.82 Å². The molecule has 29 heavy (non-hydrogen) atoms. The lowest BCUT2D eigenvalue weighted by Crippen LogP contribution is -2.09. The van der Waals surface area contributed by atoms with Crippen molar-refractivity contribution in [3.8, 4) is 45.4 Å². The molecule has 0 unspecified atom stereocenters. The maximum atomic E-state index is 11.9. The molecule has 3 aromatic rings. The van der Waals surface area contributed by atoms with Gasteiger partial charge in [0.1, 0.15) is 5.75 Å². The van der Waals surface area contributed by atoms with Crippen molar-refractivity contribution in [3.63, 3.8) is 0 Å². The van der Waals surface area contributed by atoms with Crippen LogP contribution in [0.1, 0.15) is 0 Å². The molecule has 0 atom stereocenters. The lowest BCUT2D eigenvalue weighted by Gasteiger charge is -2.13. The molecule has 0 saturated carbocycles. The van der Waals surface area contributed by atoms with Crippen LogP contribution in [0.5, 0.6) is 23.0 Å². The Kier molecular flexibility index (Phi) is 5.14. The Morgan fingerprint density at radius 3 is 2.52 bits per heavy atom. The standard InChI is InChI=1S/C17H16N3O8P/c1-22-14-6-11(7-15-17(14)24-9-23-15)16-13(8-20-25-16)10-2-4-12(5-3-10)26-29(21,27-18)28-19/h2-8H,9,18-19H2,1H3. The molecule has 0 fully saturated rings. The quantitative estimate of drug-likeness (QED) is 0.428. The molecule has 2 aromatic carbocycles. The van der Waals surface area contributed by atoms with E-state index in [1.54, 1.807) is 30.5 Å². The summed E-state index contributed by atoms with van der Waals surface area (Å²) in [6.45, 7) is 0.114. The second-order valence-electron chi connectivity index (χ2n) is 5.75. The minimum atomic E-state index is -4.07. The van der Waals surface area contributed by atoms with E-state index >= 15 is 0 Å². The number of fused-ring (bicyclic) bond motifs is 1. The Labute approximate surface area is 164 Å². The van der Waals surface area contributed by atoms with Gasteiger partial charge in [-0.1, -0.05) is 17.3 Å². The van der Waals surface area contributed by atoms with E-state index in [1.165, 1.54) is 19.2 Å². The second kappa shape index (κ2) is 7.74. The van der Waals surface area contributed by atoms with Crippen LogP contribution in [-0.2, 0) is 13.8 Å². The molecule has 1 aliphatic rings. The lowest BCUT2D eigenvalue weighted by molar-refractivity contribution is 0.159. The first-order chi connectivity index (χ1) is 14.1. The fraction of sp³-hybridized carbons (Fsp3) is 0.118. The van der Waals surface area contributed by atoms with Crippen LogP contribution in [0.2, 0.25) is 0 Å². The predicted octanol–water partition coefficient (Wildman–Crippen LogP) is 3.01. The van der Waals surface area contributed by atoms with Crippen molar-refractivity contribution in [3.05, 3.63) is 42.6 Å². The van der Waals surface area contributed by atoms with Gasteiger partial charge in [-0.3, -0.25) is 0 Å². The third-order valence-corrected chi connectivity index (χ3v) is 5.08. The maximum Gasteiger partial charge on any atom is 0.563 e. The molecule has 1 aromatic heterocycles. The summed E-state index contributed by atoms with van der Waals surface area (Å²) < 4.78 is 46.9. The van der Waals surface area contributed by atoms with Gasteiger partial charge in [0.15, 0.2) is 17.3 Å². The summed E-state index contributed by atoms with van der Waals surface area (Å²) in [6.07, 6.45) is 1.57. The van der Waals surface area contributed by atoms with Gasteiger partial charge in [0.2, 0.25) is 12.5 Å². The molecule has 0 radical (unpaired) electrons. The van der Waals surface area contributed by atoms with Crippen LogP contribution in [0.25, 0.3) is 22.5 Å². The van der Waals surface area contributed by atoms with Gasteiger partial charge >= 0.3 is 7.82 Å². The Bertz CT molecular complexity index is 1060. The van der Waals surface area contributed by atoms with Crippen LogP contribution in [0, 0.1) is 0 Å². The zero-order valence-corrected chi connectivity index (χ0v) is 16.0. The summed E-state index contributed by atoms with van der Waals surface area (Å²) >= 11 is 0. The van der Waals surface area contributed by atoms with Gasteiger partial charge in [-0.2, -0.15) is 9.25 Å². The first kappa shape index (κ1) is 19.2. The van der Waals surface area contributed by atoms with Crippen molar-refractivity contribution in [2.45, 2.75) is 0 Å². The molecule has 4 N–H and O–H groups in total. The van der Waals surface area contributed by atoms with E-state index in [1.807, 2.05) is 0 Å². The summed E-state index contributed by atoms with van der Waals surface area (Å²) in [6, 6.07) is 10.0. The Balaban J connectivity index is 1.66. The maximum absolute atomic E-state index is 11.9. The van der Waals surface area contributed by atoms with Crippen molar-refractivity contribution >= 4 is 7.82 Å². The van der Waals surface area contributed by atoms with Crippen LogP contribution in [0.3, 0.4) is 0 Å². The highest BCUT2D eigenvalue weighted by atomic mass is 31.2. The number of phosphoric acid groups is 1. The molecule has 0 amide bonds. The van der Waals surface area contributed by atoms with Crippen LogP contribution < -0.4 is 30.5 Å². The number of aromatic nitrogens is 1. The SMILES string of the molecule is COc1cc(-c2oncc2-c2ccc(OP(=O)(ON)ON)cc2)cc2c1OCO2. The molecule has 2 heterocycles. The van der Waals surface area contributed by atoms with Crippen molar-refractivity contribution < 1.29 is 37.1 Å². The van der Waals surface area contributed by atoms with E-state index in [0.29, 0.717) is 34.1 Å². The van der Waals surface area contributed by atoms with E-state index in [4.69, 9.17) is 35.1 Å². The molecule has 0 spiro atoms. The summed E-state index contributed by atoms with van der Waals surface area (Å²) in [7, 11) is -2.53. The van der Waals surface area contributed by atoms with Crippen molar-refractivity contribution in [1.29, 1.82) is 0 Å². The number of hydrogen-bond donors (Lipinski definition) is 2. The number of ether oxygens (including phenoxy) is 3. The Morgan fingerprint density at radius 2 is 1.83 bits per heavy atom. The van der Waals surface area contributed by atoms with Crippen molar-refractivity contribution in [1.82, 2.24) is 5.16 Å². The van der Waals surface area contributed by atoms with E-state index in [0.717, 1.165) is 5.56 Å². The average molecular weight is 421 g/mol. The zero-order chi connectivity index (χ0) is 20.4. The van der Waals surface area contributed by atoms with Gasteiger partial charge in [0, 0.05) is 11.1 Å². The summed E-state index contributed by atoms with van der Waals surface area (Å²) in [4.78, 5) is 0. The van der Waals surface area contributed by atoms with Crippen molar-refractivity contribution in [2.24, 2.45) is 11.8 Å². The number of methoxy groups -OCH3 is 1. The van der Waals surface area contributed by atoms with Gasteiger partial charge in [-0.05, 0) is 29.8 Å². The summed E-state index contributed by atoms with van der Waals surface area (Å²) in [5.74, 6) is 12.0. The highest BCUT2D eigenvalue weighted by Crippen LogP contribution is 2.47. The predicted molar refractivity (Wildman–Crippen MR) is 98.8 cm³/mol. The molecule has 152 valence electrons. The second-order valence-corrected chi connectivity index (χ2v) is 7.25. The van der Waals surface area contributed by atoms with E-state index in [-0.39, 0.29) is 12.5 Å². The number of nitrogens with zero attached hydrogens (tertiary/aromatic N) is 1. The molecular weight excluding hydrogens is 405 g/mol. The molecule has 0 aliphatic carbocycles. The molecule has 4 rings (SSSR count). The normalized spacial score (nSPS) is 12.8. The van der Waals surface area contributed by atoms with Gasteiger partial charge in [0.25, 0.3) is 0 Å². The van der Waals surface area contributed by atoms with E-state index in [2.05, 4.69) is 14.4 Å². The number of rotatable bonds is 7. The summed E-state index contributed by atoms with van der Waals surface area (Å²) in [5, 5.41) is 3.90. The minimum absolute atomic E-state index is 0.114. The number of benzene rings is 2. The van der Waals surface area contributed by atoms with Crippen LogP contribution in [-0.4, -0.2) is 19.1 Å². The molecule has 12 heteroatoms. The first-order valence-electron chi connectivity index (χ1n) is 8.16. The highest BCUT2D eigenvalue weighted by Gasteiger charge is 2.27. The van der Waals surface area contributed by atoms with E-state index in [9.17, 15) is 4.57 Å². The summed E-state index contributed by atoms with van der Waals surface area (Å²) in [5.41, 5.74) is 2.14. The third kappa shape index (κ3) is 3.65. The van der Waals surface area contributed by atoms with Gasteiger partial charge in [0.05, 0.1) is 13.3 Å². The Morgan fingerprint density at radius 1 is 1.07 bits per heavy atom. The zero-order valence-electron chi connectivity index (χ0n) is 15.1. The first-order valence-corrected chi connectivity index (χ1v) is 9.62. The fourth-order valence-corrected chi connectivity index (χ4v) is 3.32. The topological polar surface area (TPSA) is 151 Å². The molecular formula is C17H16N3O8P. The third-order valence-electron chi connectivity index (χ3n) is 4.13. The fourth-order valence-electron chi connectivity index (χ4n) is 2.81. The Hall–Kier alpha value is -3.08. The largest absolute Gasteiger partial charge is 0.563 e. The monoisotopic (exact) mass is 421 g/mol. The molecule has 0 bridgehead atoms. The highest BCUT2D eigenvalue weighted by molar-refractivity contribution is 7.48. The molecule has 1 aliphatic heterocycles. The van der Waals surface area contributed by atoms with Gasteiger partial charge in [-0.15, -0.1) is 0 Å². The average Bonchev–Trinajstić information content (AvgIpc) is 3.43. The van der Waals surface area contributed by atoms with Crippen molar-refractivity contribution in [2.75, 3.05) is 13.9 Å². The molecule has 0 saturated heterocycles. The van der Waals surface area contributed by atoms with Crippen LogP contribution in [0.4, 0.5) is 0 Å². The minimum Gasteiger partial charge on any atom is -0.493 e. The molecule has 11 nitrogen and oxygen atoms in total. The van der Waals surface area contributed by atoms with Crippen LogP contribution >= 0.6 is 7.82 Å². The smallest absolute Gasteiger partial charge is 0.493 e. The van der Waals surface area contributed by atoms with Gasteiger partial charge in [-0.25, -0.2) is 16.4 Å². The lowest BCUT2D eigenvalue weighted by atomic mass is 10.0. The van der Waals surface area contributed by atoms with Gasteiger partial charge < -0.3 is 23.3 Å². The van der Waals surface area contributed by atoms with Crippen LogP contribution in [0.15, 0.2) is 47.1 Å².